The fourth-order valence-electron chi connectivity index (χ4n) is 0.749. The molecule has 4 heteroatoms. The number of nitrogens with zero attached hydrogens (tertiary/aromatic N) is 2. The molecule has 0 fully saturated rings. The Hall–Kier alpha value is -0.0900. The predicted octanol–water partition coefficient (Wildman–Crippen LogP) is -1.72. The van der Waals surface area contributed by atoms with Crippen molar-refractivity contribution in [3.05, 3.63) is 25.3 Å². The van der Waals surface area contributed by atoms with Gasteiger partial charge in [0.1, 0.15) is 12.4 Å². The molecule has 0 saturated carbocycles. The summed E-state index contributed by atoms with van der Waals surface area (Å²) in [7, 11) is 0. The third-order valence-electron chi connectivity index (χ3n) is 1.27. The van der Waals surface area contributed by atoms with Crippen molar-refractivity contribution in [2.45, 2.75) is 6.54 Å². The fourth-order valence-corrected chi connectivity index (χ4v) is 1.16. The summed E-state index contributed by atoms with van der Waals surface area (Å²) in [6, 6.07) is 0. The van der Waals surface area contributed by atoms with Crippen LogP contribution in [-0.4, -0.2) is 9.90 Å². The van der Waals surface area contributed by atoms with Crippen molar-refractivity contribution in [2.24, 2.45) is 0 Å². The first-order valence-corrected chi connectivity index (χ1v) is 4.24. The second kappa shape index (κ2) is 5.55. The van der Waals surface area contributed by atoms with Crippen molar-refractivity contribution in [3.8, 4) is 0 Å². The summed E-state index contributed by atoms with van der Waals surface area (Å²) >= 11 is 3.36. The minimum Gasteiger partial charge on any atom is -1.00 e. The molecule has 0 spiro atoms. The van der Waals surface area contributed by atoms with E-state index in [1.165, 1.54) is 0 Å². The van der Waals surface area contributed by atoms with Gasteiger partial charge in [-0.1, -0.05) is 22.5 Å². The monoisotopic (exact) mass is 280 g/mol. The fraction of sp³-hybridized carbons (Fsp3) is 0.286. The highest BCUT2D eigenvalue weighted by molar-refractivity contribution is 9.09. The molecule has 11 heavy (non-hydrogen) atoms. The van der Waals surface area contributed by atoms with Gasteiger partial charge >= 0.3 is 0 Å². The van der Waals surface area contributed by atoms with Gasteiger partial charge < -0.3 is 17.0 Å². The maximum Gasteiger partial charge on any atom is 0.248 e. The largest absolute Gasteiger partial charge is 1.00 e. The van der Waals surface area contributed by atoms with Gasteiger partial charge in [0, 0.05) is 5.33 Å². The van der Waals surface area contributed by atoms with Crippen LogP contribution in [0.3, 0.4) is 0 Å². The average molecular weight is 282 g/mol. The molecule has 0 aromatic carbocycles. The van der Waals surface area contributed by atoms with Crippen LogP contribution in [0.5, 0.6) is 0 Å². The van der Waals surface area contributed by atoms with Crippen molar-refractivity contribution >= 4 is 22.1 Å². The first-order chi connectivity index (χ1) is 4.86. The Morgan fingerprint density at radius 2 is 2.36 bits per heavy atom. The highest BCUT2D eigenvalue weighted by Crippen LogP contribution is 1.84. The standard InChI is InChI=1S/C7H10BrN2.BrH/c1-2-9-5-6-10(7-9)4-3-8;/h2,5-7H,1,3-4H2;1H/q+1;/p-1. The van der Waals surface area contributed by atoms with Crippen molar-refractivity contribution in [2.75, 3.05) is 5.33 Å². The number of hydrogen-bond acceptors (Lipinski definition) is 0. The molecule has 62 valence electrons. The lowest BCUT2D eigenvalue weighted by molar-refractivity contribution is -0.691. The van der Waals surface area contributed by atoms with Gasteiger partial charge in [0.15, 0.2) is 0 Å². The highest BCUT2D eigenvalue weighted by Gasteiger charge is 1.97. The van der Waals surface area contributed by atoms with Crippen molar-refractivity contribution in [3.63, 3.8) is 0 Å². The van der Waals surface area contributed by atoms with E-state index in [9.17, 15) is 0 Å². The maximum absolute atomic E-state index is 3.64. The Labute approximate surface area is 85.4 Å². The molecule has 1 rings (SSSR count). The third-order valence-corrected chi connectivity index (χ3v) is 1.62. The Morgan fingerprint density at radius 1 is 1.64 bits per heavy atom. The van der Waals surface area contributed by atoms with Crippen LogP contribution in [-0.2, 0) is 6.54 Å². The maximum atomic E-state index is 3.64. The summed E-state index contributed by atoms with van der Waals surface area (Å²) in [5.41, 5.74) is 0. The van der Waals surface area contributed by atoms with Gasteiger partial charge in [-0.15, -0.1) is 0 Å². The summed E-state index contributed by atoms with van der Waals surface area (Å²) < 4.78 is 4.01. The van der Waals surface area contributed by atoms with E-state index in [0.717, 1.165) is 11.9 Å². The number of alkyl halides is 1. The van der Waals surface area contributed by atoms with Crippen LogP contribution in [0.2, 0.25) is 0 Å². The van der Waals surface area contributed by atoms with E-state index in [4.69, 9.17) is 0 Å². The number of aromatic nitrogens is 2. The van der Waals surface area contributed by atoms with E-state index in [2.05, 4.69) is 27.1 Å². The minimum absolute atomic E-state index is 0. The molecule has 0 amide bonds. The zero-order valence-electron chi connectivity index (χ0n) is 6.08. The quantitative estimate of drug-likeness (QED) is 0.460. The molecule has 2 nitrogen and oxygen atoms in total. The van der Waals surface area contributed by atoms with Crippen molar-refractivity contribution in [1.82, 2.24) is 4.57 Å². The summed E-state index contributed by atoms with van der Waals surface area (Å²) in [5, 5.41) is 0.985. The summed E-state index contributed by atoms with van der Waals surface area (Å²) in [6.07, 6.45) is 7.75. The Bertz CT molecular complexity index is 220. The molecule has 0 saturated heterocycles. The molecule has 0 aliphatic carbocycles. The van der Waals surface area contributed by atoms with Gasteiger partial charge in [0.05, 0.1) is 12.7 Å². The van der Waals surface area contributed by atoms with Crippen LogP contribution >= 0.6 is 15.9 Å². The Balaban J connectivity index is 0.000001000. The van der Waals surface area contributed by atoms with E-state index in [-0.39, 0.29) is 17.0 Å². The summed E-state index contributed by atoms with van der Waals surface area (Å²) in [4.78, 5) is 0. The van der Waals surface area contributed by atoms with Crippen LogP contribution < -0.4 is 21.5 Å². The topological polar surface area (TPSA) is 8.81 Å². The lowest BCUT2D eigenvalue weighted by Gasteiger charge is -1.86. The van der Waals surface area contributed by atoms with Gasteiger partial charge in [-0.2, -0.15) is 0 Å². The van der Waals surface area contributed by atoms with Gasteiger partial charge in [-0.25, -0.2) is 9.13 Å². The molecule has 0 atom stereocenters. The molecule has 1 heterocycles. The Kier molecular flexibility index (Phi) is 5.50. The normalized spacial score (nSPS) is 8.82. The lowest BCUT2D eigenvalue weighted by atomic mass is 10.7. The summed E-state index contributed by atoms with van der Waals surface area (Å²) in [6.45, 7) is 4.64. The Morgan fingerprint density at radius 3 is 2.82 bits per heavy atom. The highest BCUT2D eigenvalue weighted by atomic mass is 79.9. The third kappa shape index (κ3) is 3.20. The molecule has 1 aromatic heterocycles. The zero-order chi connectivity index (χ0) is 7.40. The molecule has 0 unspecified atom stereocenters. The van der Waals surface area contributed by atoms with Crippen LogP contribution in [0.25, 0.3) is 6.20 Å². The van der Waals surface area contributed by atoms with Crippen LogP contribution in [0, 0.1) is 0 Å². The number of imidazole rings is 1. The smallest absolute Gasteiger partial charge is 0.248 e. The van der Waals surface area contributed by atoms with E-state index in [1.54, 1.807) is 6.20 Å². The van der Waals surface area contributed by atoms with Gasteiger partial charge in [0.25, 0.3) is 0 Å². The second-order valence-corrected chi connectivity index (χ2v) is 2.76. The van der Waals surface area contributed by atoms with E-state index in [0.29, 0.717) is 0 Å². The molecule has 1 aromatic rings. The van der Waals surface area contributed by atoms with E-state index < -0.39 is 0 Å². The van der Waals surface area contributed by atoms with Crippen LogP contribution in [0.1, 0.15) is 0 Å². The molecule has 0 aliphatic rings. The SMILES string of the molecule is C=Cn1cc[n+](CCBr)c1.[Br-]. The van der Waals surface area contributed by atoms with Crippen molar-refractivity contribution in [1.29, 1.82) is 0 Å². The number of aryl methyl sites for hydroxylation is 1. The van der Waals surface area contributed by atoms with E-state index >= 15 is 0 Å². The molecular weight excluding hydrogens is 272 g/mol. The first kappa shape index (κ1) is 10.9. The molecule has 0 radical (unpaired) electrons. The van der Waals surface area contributed by atoms with Crippen LogP contribution in [0.15, 0.2) is 25.3 Å². The van der Waals surface area contributed by atoms with Gasteiger partial charge in [0.2, 0.25) is 6.33 Å². The predicted molar refractivity (Wildman–Crippen MR) is 44.8 cm³/mol. The molecule has 0 aliphatic heterocycles. The first-order valence-electron chi connectivity index (χ1n) is 3.12. The van der Waals surface area contributed by atoms with Gasteiger partial charge in [-0.05, 0) is 0 Å². The van der Waals surface area contributed by atoms with E-state index in [1.807, 2.05) is 23.3 Å². The minimum atomic E-state index is 0. The average Bonchev–Trinajstić information content (AvgIpc) is 2.37. The van der Waals surface area contributed by atoms with Gasteiger partial charge in [-0.3, -0.25) is 0 Å². The molecular formula is C7H10Br2N2. The van der Waals surface area contributed by atoms with Crippen LogP contribution in [0.4, 0.5) is 0 Å². The lowest BCUT2D eigenvalue weighted by Crippen LogP contribution is -3.00. The number of halogens is 2. The molecule has 0 bridgehead atoms. The number of hydrogen-bond donors (Lipinski definition) is 0. The second-order valence-electron chi connectivity index (χ2n) is 1.97. The molecule has 0 N–H and O–H groups in total. The number of rotatable bonds is 3. The summed E-state index contributed by atoms with van der Waals surface area (Å²) in [5.74, 6) is 0. The van der Waals surface area contributed by atoms with Crippen molar-refractivity contribution < 1.29 is 21.5 Å². The zero-order valence-corrected chi connectivity index (χ0v) is 9.25.